The van der Waals surface area contributed by atoms with E-state index in [4.69, 9.17) is 14.2 Å². The van der Waals surface area contributed by atoms with Crippen LogP contribution in [0.15, 0.2) is 122 Å². The van der Waals surface area contributed by atoms with Crippen LogP contribution < -0.4 is 0 Å². The first-order valence-electron chi connectivity index (χ1n) is 21.0. The normalized spacial score (nSPS) is 13.3. The molecule has 0 aliphatic heterocycles. The topological polar surface area (TPSA) is 78.9 Å². The first-order valence-corrected chi connectivity index (χ1v) is 21.0. The summed E-state index contributed by atoms with van der Waals surface area (Å²) in [5, 5.41) is 0. The smallest absolute Gasteiger partial charge is 0.310 e. The lowest BCUT2D eigenvalue weighted by Gasteiger charge is -2.17. The maximum absolute atomic E-state index is 12.6. The molecule has 0 aromatic carbocycles. The minimum Gasteiger partial charge on any atom is -0.462 e. The fourth-order valence-corrected chi connectivity index (χ4v) is 4.97. The van der Waals surface area contributed by atoms with Crippen molar-refractivity contribution in [3.63, 3.8) is 0 Å². The van der Waals surface area contributed by atoms with Gasteiger partial charge in [-0.15, -0.1) is 0 Å². The number of allylic oxidation sites excluding steroid dienone is 18. The van der Waals surface area contributed by atoms with E-state index in [0.717, 1.165) is 96.3 Å². The van der Waals surface area contributed by atoms with Crippen molar-refractivity contribution in [3.05, 3.63) is 122 Å². The second-order valence-electron chi connectivity index (χ2n) is 13.1. The van der Waals surface area contributed by atoms with Gasteiger partial charge in [0, 0.05) is 6.42 Å². The molecule has 1 atom stereocenters. The molecule has 306 valence electrons. The average molecular weight is 759 g/mol. The standard InChI is InChI=1S/C49H74O6/c1-4-7-10-13-16-19-20-21-22-23-24-25-26-27-28-31-33-36-39-42-48(51)54-45-46(55-49(52)43-40-37-34-30-18-15-12-9-6-3)44-53-47(50)41-38-35-32-29-17-14-11-8-5-2/h7-12,16-19,21-22,24-25,29-30,35,37-38,40,46H,4-6,13-15,20,23,26-28,31-34,36,39,41-45H2,1-3H3/b10-7-,11-8-,12-9-,19-16-,22-21-,25-24-,29-17-,30-18-,38-35-,40-37-. The molecule has 0 aromatic heterocycles. The Morgan fingerprint density at radius 3 is 1.18 bits per heavy atom. The summed E-state index contributed by atoms with van der Waals surface area (Å²) in [6, 6.07) is 0. The van der Waals surface area contributed by atoms with Gasteiger partial charge in [-0.3, -0.25) is 14.4 Å². The fourth-order valence-electron chi connectivity index (χ4n) is 4.97. The van der Waals surface area contributed by atoms with Gasteiger partial charge in [0.05, 0.1) is 12.8 Å². The minimum atomic E-state index is -0.868. The molecule has 0 aliphatic carbocycles. The number of hydrogen-bond acceptors (Lipinski definition) is 6. The number of carbonyl (C=O) groups is 3. The van der Waals surface area contributed by atoms with Crippen molar-refractivity contribution in [3.8, 4) is 0 Å². The molecule has 6 nitrogen and oxygen atoms in total. The molecular formula is C49H74O6. The zero-order chi connectivity index (χ0) is 40.1. The molecule has 55 heavy (non-hydrogen) atoms. The third-order valence-corrected chi connectivity index (χ3v) is 8.01. The number of rotatable bonds is 35. The van der Waals surface area contributed by atoms with Gasteiger partial charge in [0.1, 0.15) is 13.2 Å². The van der Waals surface area contributed by atoms with Crippen molar-refractivity contribution in [2.45, 2.75) is 155 Å². The quantitative estimate of drug-likeness (QED) is 0.0277. The van der Waals surface area contributed by atoms with Gasteiger partial charge < -0.3 is 14.2 Å². The van der Waals surface area contributed by atoms with E-state index in [-0.39, 0.29) is 32.0 Å². The van der Waals surface area contributed by atoms with Gasteiger partial charge >= 0.3 is 17.9 Å². The van der Waals surface area contributed by atoms with E-state index >= 15 is 0 Å². The van der Waals surface area contributed by atoms with Crippen LogP contribution in [0.2, 0.25) is 0 Å². The Morgan fingerprint density at radius 2 is 0.727 bits per heavy atom. The lowest BCUT2D eigenvalue weighted by Crippen LogP contribution is -2.30. The number of hydrogen-bond donors (Lipinski definition) is 0. The first-order chi connectivity index (χ1) is 27.0. The highest BCUT2D eigenvalue weighted by atomic mass is 16.6. The van der Waals surface area contributed by atoms with Crippen molar-refractivity contribution in [2.24, 2.45) is 0 Å². The van der Waals surface area contributed by atoms with E-state index in [9.17, 15) is 14.4 Å². The van der Waals surface area contributed by atoms with E-state index in [1.165, 1.54) is 12.8 Å². The Bertz CT molecular complexity index is 1240. The average Bonchev–Trinajstić information content (AvgIpc) is 3.18. The van der Waals surface area contributed by atoms with Gasteiger partial charge in [0.25, 0.3) is 0 Å². The van der Waals surface area contributed by atoms with Gasteiger partial charge in [-0.25, -0.2) is 0 Å². The van der Waals surface area contributed by atoms with Gasteiger partial charge in [-0.05, 0) is 83.5 Å². The summed E-state index contributed by atoms with van der Waals surface area (Å²) < 4.78 is 16.4. The van der Waals surface area contributed by atoms with Crippen molar-refractivity contribution < 1.29 is 28.6 Å². The molecule has 0 aliphatic rings. The maximum Gasteiger partial charge on any atom is 0.310 e. The highest BCUT2D eigenvalue weighted by molar-refractivity contribution is 5.72. The van der Waals surface area contributed by atoms with Gasteiger partial charge in [0.15, 0.2) is 6.10 Å². The Hall–Kier alpha value is -4.19. The van der Waals surface area contributed by atoms with Crippen LogP contribution in [0.1, 0.15) is 149 Å². The summed E-state index contributed by atoms with van der Waals surface area (Å²) >= 11 is 0. The third kappa shape index (κ3) is 40.8. The lowest BCUT2D eigenvalue weighted by atomic mass is 10.1. The maximum atomic E-state index is 12.6. The van der Waals surface area contributed by atoms with Crippen LogP contribution in [0, 0.1) is 0 Å². The first kappa shape index (κ1) is 50.8. The lowest BCUT2D eigenvalue weighted by molar-refractivity contribution is -0.166. The molecule has 1 unspecified atom stereocenters. The highest BCUT2D eigenvalue weighted by Gasteiger charge is 2.19. The van der Waals surface area contributed by atoms with Crippen LogP contribution in [-0.4, -0.2) is 37.2 Å². The zero-order valence-electron chi connectivity index (χ0n) is 34.6. The number of carbonyl (C=O) groups excluding carboxylic acids is 3. The molecule has 6 heteroatoms. The summed E-state index contributed by atoms with van der Waals surface area (Å²) in [7, 11) is 0. The largest absolute Gasteiger partial charge is 0.462 e. The van der Waals surface area contributed by atoms with Gasteiger partial charge in [-0.2, -0.15) is 0 Å². The minimum absolute atomic E-state index is 0.0793. The zero-order valence-corrected chi connectivity index (χ0v) is 34.6. The predicted molar refractivity (Wildman–Crippen MR) is 233 cm³/mol. The molecule has 0 saturated carbocycles. The molecule has 0 heterocycles. The monoisotopic (exact) mass is 759 g/mol. The molecular weight excluding hydrogens is 685 g/mol. The Labute approximate surface area is 335 Å². The molecule has 0 bridgehead atoms. The van der Waals surface area contributed by atoms with Crippen LogP contribution in [0.4, 0.5) is 0 Å². The Balaban J connectivity index is 4.46. The number of ether oxygens (including phenoxy) is 3. The van der Waals surface area contributed by atoms with Crippen molar-refractivity contribution in [1.29, 1.82) is 0 Å². The van der Waals surface area contributed by atoms with E-state index in [1.54, 1.807) is 12.2 Å². The molecule has 0 aromatic rings. The molecule has 0 amide bonds. The van der Waals surface area contributed by atoms with Gasteiger partial charge in [-0.1, -0.05) is 168 Å². The van der Waals surface area contributed by atoms with E-state index in [2.05, 4.69) is 112 Å². The summed E-state index contributed by atoms with van der Waals surface area (Å²) in [4.78, 5) is 37.4. The second-order valence-corrected chi connectivity index (χ2v) is 13.1. The van der Waals surface area contributed by atoms with Crippen LogP contribution >= 0.6 is 0 Å². The third-order valence-electron chi connectivity index (χ3n) is 8.01. The van der Waals surface area contributed by atoms with Crippen LogP contribution in [0.25, 0.3) is 0 Å². The molecule has 0 N–H and O–H groups in total. The predicted octanol–water partition coefficient (Wildman–Crippen LogP) is 13.4. The van der Waals surface area contributed by atoms with E-state index < -0.39 is 18.0 Å². The summed E-state index contributed by atoms with van der Waals surface area (Å²) in [5.41, 5.74) is 0. The number of esters is 3. The summed E-state index contributed by atoms with van der Waals surface area (Å²) in [5.74, 6) is -1.24. The van der Waals surface area contributed by atoms with Crippen LogP contribution in [0.5, 0.6) is 0 Å². The summed E-state index contributed by atoms with van der Waals surface area (Å²) in [6.45, 7) is 6.03. The molecule has 0 rings (SSSR count). The molecule has 0 saturated heterocycles. The summed E-state index contributed by atoms with van der Waals surface area (Å²) in [6.07, 6.45) is 58.3. The van der Waals surface area contributed by atoms with Crippen LogP contribution in [0.3, 0.4) is 0 Å². The van der Waals surface area contributed by atoms with Crippen molar-refractivity contribution in [1.82, 2.24) is 0 Å². The number of unbranched alkanes of at least 4 members (excludes halogenated alkanes) is 6. The van der Waals surface area contributed by atoms with Crippen molar-refractivity contribution >= 4 is 17.9 Å². The van der Waals surface area contributed by atoms with Gasteiger partial charge in [0.2, 0.25) is 0 Å². The van der Waals surface area contributed by atoms with Crippen molar-refractivity contribution in [2.75, 3.05) is 13.2 Å². The van der Waals surface area contributed by atoms with E-state index in [1.807, 2.05) is 18.2 Å². The second kappa shape index (κ2) is 42.6. The molecule has 0 radical (unpaired) electrons. The van der Waals surface area contributed by atoms with E-state index in [0.29, 0.717) is 6.42 Å². The Morgan fingerprint density at radius 1 is 0.382 bits per heavy atom. The Kier molecular flexibility index (Phi) is 39.3. The SMILES string of the molecule is CC/C=C\C/C=C\C/C=C\C/C=C\CCCCCCCCC(=O)OCC(COC(=O)C/C=C\C/C=C\C/C=C\CC)OC(=O)C/C=C\C/C=C\C/C=C\CC. The highest BCUT2D eigenvalue weighted by Crippen LogP contribution is 2.11. The fraction of sp³-hybridized carbons (Fsp3) is 0.531. The van der Waals surface area contributed by atoms with Crippen LogP contribution in [-0.2, 0) is 28.6 Å². The molecule has 0 spiro atoms. The molecule has 0 fully saturated rings.